The molecule has 0 spiro atoms. The van der Waals surface area contributed by atoms with Gasteiger partial charge in [0.25, 0.3) is 0 Å². The van der Waals surface area contributed by atoms with E-state index in [0.29, 0.717) is 17.4 Å². The number of hydrogen-bond donors (Lipinski definition) is 3. The SMILES string of the molecule is CCCCCCCCCCCCCC/C=C\CCCCCCCCCCCCCCCC(=O)NC(COP(=O)(O)OCC[N+](C)(C)C)C(O)/C=C/CCCCCCCCCCCCCCCCCCCCCCC. The van der Waals surface area contributed by atoms with E-state index >= 15 is 0 Å². The van der Waals surface area contributed by atoms with Gasteiger partial charge in [-0.25, -0.2) is 4.57 Å². The Balaban J connectivity index is 4.09. The van der Waals surface area contributed by atoms with Crippen molar-refractivity contribution in [3.63, 3.8) is 0 Å². The van der Waals surface area contributed by atoms with Crippen LogP contribution >= 0.6 is 7.82 Å². The van der Waals surface area contributed by atoms with Gasteiger partial charge >= 0.3 is 7.82 Å². The number of phosphoric acid groups is 1. The number of nitrogens with one attached hydrogen (secondary N) is 1. The lowest BCUT2D eigenvalue weighted by atomic mass is 10.0. The molecule has 0 heterocycles. The Bertz CT molecular complexity index is 1260. The van der Waals surface area contributed by atoms with Gasteiger partial charge < -0.3 is 19.8 Å². The van der Waals surface area contributed by atoms with Crippen LogP contribution in [0.1, 0.15) is 335 Å². The third-order valence-electron chi connectivity index (χ3n) is 15.2. The Labute approximate surface area is 462 Å². The lowest BCUT2D eigenvalue weighted by molar-refractivity contribution is -0.870. The van der Waals surface area contributed by atoms with Gasteiger partial charge in [0, 0.05) is 6.42 Å². The highest BCUT2D eigenvalue weighted by Crippen LogP contribution is 2.43. The normalized spacial score (nSPS) is 13.9. The average Bonchev–Trinajstić information content (AvgIpc) is 3.36. The van der Waals surface area contributed by atoms with Crippen molar-refractivity contribution < 1.29 is 32.9 Å². The molecular formula is C65H130N2O6P+. The maximum atomic E-state index is 13.0. The molecule has 0 rings (SSSR count). The zero-order chi connectivity index (χ0) is 54.2. The molecule has 0 radical (unpaired) electrons. The van der Waals surface area contributed by atoms with Crippen molar-refractivity contribution in [3.8, 4) is 0 Å². The number of hydrogen-bond acceptors (Lipinski definition) is 5. The van der Waals surface area contributed by atoms with Crippen molar-refractivity contribution in [1.29, 1.82) is 0 Å². The summed E-state index contributed by atoms with van der Waals surface area (Å²) in [5.74, 6) is -0.171. The van der Waals surface area contributed by atoms with Crippen LogP contribution < -0.4 is 5.32 Å². The lowest BCUT2D eigenvalue weighted by Crippen LogP contribution is -2.45. The summed E-state index contributed by atoms with van der Waals surface area (Å²) in [6.45, 7) is 4.87. The van der Waals surface area contributed by atoms with Gasteiger partial charge in [0.15, 0.2) is 0 Å². The topological polar surface area (TPSA) is 105 Å². The fourth-order valence-electron chi connectivity index (χ4n) is 10.0. The maximum absolute atomic E-state index is 13.0. The molecule has 0 aromatic rings. The molecule has 3 atom stereocenters. The first-order chi connectivity index (χ1) is 36.0. The first-order valence-corrected chi connectivity index (χ1v) is 34.2. The molecule has 0 saturated carbocycles. The highest BCUT2D eigenvalue weighted by molar-refractivity contribution is 7.47. The van der Waals surface area contributed by atoms with Crippen LogP contribution in [-0.2, 0) is 18.4 Å². The zero-order valence-corrected chi connectivity index (χ0v) is 51.3. The molecule has 0 bridgehead atoms. The minimum atomic E-state index is -4.35. The number of allylic oxidation sites excluding steroid dienone is 3. The minimum absolute atomic E-state index is 0.0637. The number of amides is 1. The molecule has 3 N–H and O–H groups in total. The molecule has 9 heteroatoms. The van der Waals surface area contributed by atoms with Crippen molar-refractivity contribution in [2.45, 2.75) is 347 Å². The fraction of sp³-hybridized carbons (Fsp3) is 0.923. The summed E-state index contributed by atoms with van der Waals surface area (Å²) in [6, 6.07) is -0.846. The van der Waals surface area contributed by atoms with Gasteiger partial charge in [0.05, 0.1) is 39.9 Å². The molecular weight excluding hydrogens is 936 g/mol. The van der Waals surface area contributed by atoms with E-state index < -0.39 is 20.0 Å². The molecule has 0 aromatic heterocycles. The number of rotatable bonds is 61. The van der Waals surface area contributed by atoms with E-state index in [1.165, 1.54) is 283 Å². The van der Waals surface area contributed by atoms with Gasteiger partial charge in [-0.1, -0.05) is 308 Å². The Morgan fingerprint density at radius 2 is 0.730 bits per heavy atom. The van der Waals surface area contributed by atoms with Crippen molar-refractivity contribution in [2.24, 2.45) is 0 Å². The fourth-order valence-corrected chi connectivity index (χ4v) is 10.8. The number of phosphoric ester groups is 1. The highest BCUT2D eigenvalue weighted by Gasteiger charge is 2.28. The van der Waals surface area contributed by atoms with E-state index in [4.69, 9.17) is 9.05 Å². The van der Waals surface area contributed by atoms with E-state index in [0.717, 1.165) is 32.1 Å². The van der Waals surface area contributed by atoms with Gasteiger partial charge in [-0.15, -0.1) is 0 Å². The first kappa shape index (κ1) is 73.0. The summed E-state index contributed by atoms with van der Waals surface area (Å²) in [5.41, 5.74) is 0. The van der Waals surface area contributed by atoms with Crippen LogP contribution in [0.25, 0.3) is 0 Å². The highest BCUT2D eigenvalue weighted by atomic mass is 31.2. The maximum Gasteiger partial charge on any atom is 0.472 e. The summed E-state index contributed by atoms with van der Waals surface area (Å²) in [7, 11) is 1.59. The molecule has 1 amide bonds. The Morgan fingerprint density at radius 3 is 1.04 bits per heavy atom. The Kier molecular flexibility index (Phi) is 55.9. The number of carbonyl (C=O) groups excluding carboxylic acids is 1. The standard InChI is InChI=1S/C65H129N2O6P/c1-6-8-10-12-14-16-18-20-22-24-26-28-30-31-32-33-34-35-37-39-41-43-45-47-49-51-53-55-57-59-65(69)66-63(62-73-74(70,71)72-61-60-67(3,4)5)64(68)58-56-54-52-50-48-46-44-42-40-38-36-29-27-25-23-21-19-17-15-13-11-9-7-2/h31-32,56,58,63-64,68H,6-30,33-55,57,59-62H2,1-5H3,(H-,66,69,70,71)/p+1/b32-31-,58-56+. The van der Waals surface area contributed by atoms with Gasteiger partial charge in [-0.2, -0.15) is 0 Å². The third kappa shape index (κ3) is 58.7. The van der Waals surface area contributed by atoms with E-state index in [-0.39, 0.29) is 19.1 Å². The van der Waals surface area contributed by atoms with E-state index in [1.54, 1.807) is 6.08 Å². The largest absolute Gasteiger partial charge is 0.472 e. The van der Waals surface area contributed by atoms with Crippen LogP contribution in [0.3, 0.4) is 0 Å². The van der Waals surface area contributed by atoms with Crippen molar-refractivity contribution in [3.05, 3.63) is 24.3 Å². The van der Waals surface area contributed by atoms with Gasteiger partial charge in [0.2, 0.25) is 5.91 Å². The summed E-state index contributed by atoms with van der Waals surface area (Å²) in [6.07, 6.45) is 73.0. The Morgan fingerprint density at radius 1 is 0.446 bits per heavy atom. The monoisotopic (exact) mass is 1070 g/mol. The second-order valence-electron chi connectivity index (χ2n) is 23.8. The van der Waals surface area contributed by atoms with Crippen LogP contribution in [0, 0.1) is 0 Å². The predicted molar refractivity (Wildman–Crippen MR) is 323 cm³/mol. The average molecular weight is 1070 g/mol. The number of aliphatic hydroxyl groups is 1. The zero-order valence-electron chi connectivity index (χ0n) is 50.4. The molecule has 0 saturated heterocycles. The van der Waals surface area contributed by atoms with Crippen LogP contribution in [0.5, 0.6) is 0 Å². The van der Waals surface area contributed by atoms with E-state index in [1.807, 2.05) is 27.2 Å². The van der Waals surface area contributed by atoms with Gasteiger partial charge in [-0.05, 0) is 44.9 Å². The van der Waals surface area contributed by atoms with Crippen molar-refractivity contribution >= 4 is 13.7 Å². The molecule has 0 aromatic carbocycles. The second-order valence-corrected chi connectivity index (χ2v) is 25.3. The number of quaternary nitrogens is 1. The molecule has 0 aliphatic carbocycles. The summed E-state index contributed by atoms with van der Waals surface area (Å²) in [5, 5.41) is 14.0. The summed E-state index contributed by atoms with van der Waals surface area (Å²) < 4.78 is 23.8. The number of nitrogens with zero attached hydrogens (tertiary/aromatic N) is 1. The molecule has 8 nitrogen and oxygen atoms in total. The smallest absolute Gasteiger partial charge is 0.387 e. The molecule has 0 fully saturated rings. The van der Waals surface area contributed by atoms with Crippen LogP contribution in [0.2, 0.25) is 0 Å². The molecule has 0 aliphatic rings. The third-order valence-corrected chi connectivity index (χ3v) is 16.1. The number of aliphatic hydroxyl groups excluding tert-OH is 1. The van der Waals surface area contributed by atoms with Crippen LogP contribution in [0.15, 0.2) is 24.3 Å². The van der Waals surface area contributed by atoms with Crippen LogP contribution in [-0.4, -0.2) is 73.4 Å². The van der Waals surface area contributed by atoms with Gasteiger partial charge in [0.1, 0.15) is 13.2 Å². The quantitative estimate of drug-likeness (QED) is 0.0243. The number of unbranched alkanes of at least 4 members (excludes halogenated alkanes) is 46. The van der Waals surface area contributed by atoms with Gasteiger partial charge in [-0.3, -0.25) is 13.8 Å². The minimum Gasteiger partial charge on any atom is -0.387 e. The predicted octanol–water partition coefficient (Wildman–Crippen LogP) is 20.3. The number of carbonyl (C=O) groups is 1. The van der Waals surface area contributed by atoms with Crippen LogP contribution in [0.4, 0.5) is 0 Å². The molecule has 3 unspecified atom stereocenters. The molecule has 74 heavy (non-hydrogen) atoms. The Hall–Kier alpha value is -1.02. The second kappa shape index (κ2) is 56.7. The van der Waals surface area contributed by atoms with Crippen molar-refractivity contribution in [2.75, 3.05) is 40.9 Å². The summed E-state index contributed by atoms with van der Waals surface area (Å²) >= 11 is 0. The first-order valence-electron chi connectivity index (χ1n) is 32.7. The molecule has 440 valence electrons. The lowest BCUT2D eigenvalue weighted by Gasteiger charge is -2.25. The van der Waals surface area contributed by atoms with Crippen molar-refractivity contribution in [1.82, 2.24) is 5.32 Å². The van der Waals surface area contributed by atoms with E-state index in [9.17, 15) is 19.4 Å². The number of likely N-dealkylation sites (N-methyl/N-ethyl adjacent to an activating group) is 1. The summed E-state index contributed by atoms with van der Waals surface area (Å²) in [4.78, 5) is 23.4. The van der Waals surface area contributed by atoms with E-state index in [2.05, 4.69) is 31.3 Å². The molecule has 0 aliphatic heterocycles.